The highest BCUT2D eigenvalue weighted by molar-refractivity contribution is 7.57. The number of aliphatic hydroxyl groups is 1. The smallest absolute Gasteiger partial charge is 0.321 e. The summed E-state index contributed by atoms with van der Waals surface area (Å²) in [6.07, 6.45) is 2.36. The summed E-state index contributed by atoms with van der Waals surface area (Å²) >= 11 is 0. The third kappa shape index (κ3) is 6.27. The van der Waals surface area contributed by atoms with E-state index in [0.717, 1.165) is 5.57 Å². The third-order valence-electron chi connectivity index (χ3n) is 3.88. The van der Waals surface area contributed by atoms with E-state index in [4.69, 9.17) is 9.63 Å². The van der Waals surface area contributed by atoms with Crippen LogP contribution in [0.5, 0.6) is 5.75 Å². The van der Waals surface area contributed by atoms with Crippen molar-refractivity contribution in [1.29, 1.82) is 0 Å². The lowest BCUT2D eigenvalue weighted by molar-refractivity contribution is -0.142. The Bertz CT molecular complexity index is 666. The number of aliphatic carboxylic acids is 1. The molecule has 2 atom stereocenters. The summed E-state index contributed by atoms with van der Waals surface area (Å²) in [5.41, 5.74) is 0.0857. The van der Waals surface area contributed by atoms with Crippen molar-refractivity contribution in [3.8, 4) is 5.75 Å². The Morgan fingerprint density at radius 1 is 1.31 bits per heavy atom. The molecule has 1 aromatic carbocycles. The Hall–Kier alpha value is -1.62. The Balaban J connectivity index is 3.30. The molecule has 26 heavy (non-hydrogen) atoms. The largest absolute Gasteiger partial charge is 0.480 e. The van der Waals surface area contributed by atoms with Gasteiger partial charge in [-0.1, -0.05) is 29.8 Å². The predicted octanol–water partition coefficient (Wildman–Crippen LogP) is 4.16. The maximum absolute atomic E-state index is 13.9. The first-order valence-corrected chi connectivity index (χ1v) is 10.4. The second kappa shape index (κ2) is 9.36. The minimum Gasteiger partial charge on any atom is -0.480 e. The molecule has 0 saturated heterocycles. The van der Waals surface area contributed by atoms with E-state index in [2.05, 4.69) is 0 Å². The molecule has 0 heterocycles. The Kier molecular flexibility index (Phi) is 8.07. The van der Waals surface area contributed by atoms with Crippen LogP contribution in [0.25, 0.3) is 0 Å². The zero-order valence-electron chi connectivity index (χ0n) is 16.2. The van der Waals surface area contributed by atoms with Crippen molar-refractivity contribution in [2.24, 2.45) is 0 Å². The van der Waals surface area contributed by atoms with E-state index in [1.807, 2.05) is 26.8 Å². The van der Waals surface area contributed by atoms with Crippen LogP contribution in [0.1, 0.15) is 41.0 Å². The van der Waals surface area contributed by atoms with Crippen LogP contribution in [0, 0.1) is 0 Å². The number of benzene rings is 1. The van der Waals surface area contributed by atoms with Crippen LogP contribution >= 0.6 is 7.52 Å². The first-order chi connectivity index (χ1) is 12.0. The standard InChI is InChI=1S/C19H30NO5P/c1-15(14-21)10-9-13-26(24,25-17-11-7-6-8-12-17)20(19(3,4)5)16(2)18(22)23/h6-8,10-12,16,21H,9,13-14H2,1-5H3,(H,22,23)/b15-10+/t16-,26?/m0/s1. The molecule has 1 unspecified atom stereocenters. The van der Waals surface area contributed by atoms with Crippen LogP contribution in [0.15, 0.2) is 42.0 Å². The fourth-order valence-electron chi connectivity index (χ4n) is 2.79. The van der Waals surface area contributed by atoms with E-state index in [-0.39, 0.29) is 12.8 Å². The quantitative estimate of drug-likeness (QED) is 0.492. The number of nitrogens with zero attached hydrogens (tertiary/aromatic N) is 1. The van der Waals surface area contributed by atoms with Gasteiger partial charge in [0.1, 0.15) is 11.8 Å². The van der Waals surface area contributed by atoms with Crippen molar-refractivity contribution in [3.63, 3.8) is 0 Å². The van der Waals surface area contributed by atoms with Crippen LogP contribution in [-0.4, -0.2) is 45.2 Å². The van der Waals surface area contributed by atoms with Crippen molar-refractivity contribution in [3.05, 3.63) is 42.0 Å². The van der Waals surface area contributed by atoms with Crippen LogP contribution in [-0.2, 0) is 9.36 Å². The Labute approximate surface area is 156 Å². The molecule has 0 aromatic heterocycles. The molecule has 0 aliphatic carbocycles. The van der Waals surface area contributed by atoms with Crippen molar-refractivity contribution in [2.45, 2.75) is 52.6 Å². The number of para-hydroxylation sites is 1. The Morgan fingerprint density at radius 3 is 2.35 bits per heavy atom. The molecule has 1 aromatic rings. The Morgan fingerprint density at radius 2 is 1.88 bits per heavy atom. The molecule has 2 N–H and O–H groups in total. The topological polar surface area (TPSA) is 87.1 Å². The zero-order chi connectivity index (χ0) is 20.0. The van der Waals surface area contributed by atoms with Gasteiger partial charge in [0.25, 0.3) is 0 Å². The fourth-order valence-corrected chi connectivity index (χ4v) is 5.63. The molecule has 1 rings (SSSR count). The van der Waals surface area contributed by atoms with Gasteiger partial charge in [-0.15, -0.1) is 0 Å². The maximum atomic E-state index is 13.9. The molecule has 0 aliphatic heterocycles. The number of carbonyl (C=O) groups is 1. The van der Waals surface area contributed by atoms with Gasteiger partial charge in [0.15, 0.2) is 0 Å². The second-order valence-corrected chi connectivity index (χ2v) is 9.63. The molecular formula is C19H30NO5P. The third-order valence-corrected chi connectivity index (χ3v) is 6.81. The first kappa shape index (κ1) is 22.4. The number of carboxylic acids is 1. The first-order valence-electron chi connectivity index (χ1n) is 8.64. The van der Waals surface area contributed by atoms with Gasteiger partial charge in [0.05, 0.1) is 12.8 Å². The van der Waals surface area contributed by atoms with E-state index >= 15 is 0 Å². The average Bonchev–Trinajstić information content (AvgIpc) is 2.54. The molecule has 6 nitrogen and oxygen atoms in total. The fraction of sp³-hybridized carbons (Fsp3) is 0.526. The lowest BCUT2D eigenvalue weighted by Gasteiger charge is -2.42. The van der Waals surface area contributed by atoms with Crippen LogP contribution < -0.4 is 4.52 Å². The van der Waals surface area contributed by atoms with Crippen molar-refractivity contribution >= 4 is 13.5 Å². The molecule has 0 amide bonds. The van der Waals surface area contributed by atoms with E-state index in [0.29, 0.717) is 12.2 Å². The number of allylic oxidation sites excluding steroid dienone is 1. The summed E-state index contributed by atoms with van der Waals surface area (Å²) < 4.78 is 21.3. The van der Waals surface area contributed by atoms with Crippen molar-refractivity contribution < 1.29 is 24.1 Å². The van der Waals surface area contributed by atoms with Gasteiger partial charge in [-0.25, -0.2) is 4.67 Å². The van der Waals surface area contributed by atoms with Gasteiger partial charge >= 0.3 is 13.5 Å². The van der Waals surface area contributed by atoms with Crippen LogP contribution in [0.3, 0.4) is 0 Å². The minimum atomic E-state index is -3.52. The van der Waals surface area contributed by atoms with E-state index in [1.54, 1.807) is 37.3 Å². The van der Waals surface area contributed by atoms with E-state index in [9.17, 15) is 14.5 Å². The zero-order valence-corrected chi connectivity index (χ0v) is 17.1. The monoisotopic (exact) mass is 383 g/mol. The molecule has 0 bridgehead atoms. The molecule has 0 saturated carbocycles. The van der Waals surface area contributed by atoms with E-state index in [1.165, 1.54) is 11.6 Å². The summed E-state index contributed by atoms with van der Waals surface area (Å²) in [6, 6.07) is 7.80. The van der Waals surface area contributed by atoms with Crippen LogP contribution in [0.4, 0.5) is 0 Å². The lowest BCUT2D eigenvalue weighted by Crippen LogP contribution is -2.49. The highest BCUT2D eigenvalue weighted by atomic mass is 31.2. The summed E-state index contributed by atoms with van der Waals surface area (Å²) in [4.78, 5) is 11.7. The lowest BCUT2D eigenvalue weighted by atomic mass is 10.1. The number of carboxylic acid groups (broad SMARTS) is 1. The molecule has 0 radical (unpaired) electrons. The molecule has 146 valence electrons. The number of aliphatic hydroxyl groups excluding tert-OH is 1. The average molecular weight is 383 g/mol. The van der Waals surface area contributed by atoms with Gasteiger partial charge in [-0.05, 0) is 53.2 Å². The summed E-state index contributed by atoms with van der Waals surface area (Å²) in [6.45, 7) is 8.69. The van der Waals surface area contributed by atoms with Crippen molar-refractivity contribution in [1.82, 2.24) is 4.67 Å². The minimum absolute atomic E-state index is 0.0711. The molecular weight excluding hydrogens is 353 g/mol. The number of rotatable bonds is 9. The number of hydrogen-bond acceptors (Lipinski definition) is 4. The number of hydrogen-bond donors (Lipinski definition) is 2. The van der Waals surface area contributed by atoms with Gasteiger partial charge in [0.2, 0.25) is 0 Å². The summed E-state index contributed by atoms with van der Waals surface area (Å²) in [7, 11) is -3.52. The second-order valence-electron chi connectivity index (χ2n) is 7.29. The normalized spacial score (nSPS) is 16.2. The molecule has 0 fully saturated rings. The maximum Gasteiger partial charge on any atom is 0.321 e. The molecule has 0 spiro atoms. The predicted molar refractivity (Wildman–Crippen MR) is 104 cm³/mol. The summed E-state index contributed by atoms with van der Waals surface area (Å²) in [5, 5.41) is 18.7. The van der Waals surface area contributed by atoms with Crippen molar-refractivity contribution in [2.75, 3.05) is 12.8 Å². The van der Waals surface area contributed by atoms with E-state index < -0.39 is 25.1 Å². The highest BCUT2D eigenvalue weighted by Gasteiger charge is 2.45. The molecule has 7 heteroatoms. The van der Waals surface area contributed by atoms with Gasteiger partial charge in [-0.2, -0.15) is 0 Å². The highest BCUT2D eigenvalue weighted by Crippen LogP contribution is 2.56. The van der Waals surface area contributed by atoms with Crippen LogP contribution in [0.2, 0.25) is 0 Å². The van der Waals surface area contributed by atoms with Gasteiger partial charge in [0, 0.05) is 5.54 Å². The summed E-state index contributed by atoms with van der Waals surface area (Å²) in [5.74, 6) is -0.621. The van der Waals surface area contributed by atoms with Gasteiger partial charge < -0.3 is 14.7 Å². The van der Waals surface area contributed by atoms with Gasteiger partial charge in [-0.3, -0.25) is 9.36 Å². The SMILES string of the molecule is C/C(=C\CCP(=O)(Oc1ccccc1)N([C@@H](C)C(=O)O)C(C)(C)C)CO. The molecule has 0 aliphatic rings.